The summed E-state index contributed by atoms with van der Waals surface area (Å²) in [6, 6.07) is 16.7. The Balaban J connectivity index is 1.48. The molecule has 1 fully saturated rings. The Kier molecular flexibility index (Phi) is 6.84. The summed E-state index contributed by atoms with van der Waals surface area (Å²) in [5.74, 6) is 1.50. The van der Waals surface area contributed by atoms with Gasteiger partial charge in [0.25, 0.3) is 0 Å². The average Bonchev–Trinajstić information content (AvgIpc) is 3.62. The van der Waals surface area contributed by atoms with E-state index in [2.05, 4.69) is 53.4 Å². The van der Waals surface area contributed by atoms with Gasteiger partial charge in [0.1, 0.15) is 5.75 Å². The number of anilines is 1. The van der Waals surface area contributed by atoms with Gasteiger partial charge in [-0.2, -0.15) is 5.10 Å². The molecule has 1 N–H and O–H groups in total. The molecule has 0 aliphatic heterocycles. The number of benzene rings is 2. The molecule has 1 heterocycles. The second kappa shape index (κ2) is 9.79. The molecule has 6 nitrogen and oxygen atoms in total. The quantitative estimate of drug-likeness (QED) is 0.500. The highest BCUT2D eigenvalue weighted by molar-refractivity contribution is 5.93. The van der Waals surface area contributed by atoms with E-state index >= 15 is 0 Å². The molecule has 6 heteroatoms. The van der Waals surface area contributed by atoms with Gasteiger partial charge in [0.2, 0.25) is 5.91 Å². The van der Waals surface area contributed by atoms with Gasteiger partial charge in [0, 0.05) is 12.6 Å². The zero-order valence-corrected chi connectivity index (χ0v) is 20.3. The minimum absolute atomic E-state index is 0.00864. The smallest absolute Gasteiger partial charge is 0.238 e. The zero-order chi connectivity index (χ0) is 23.5. The van der Waals surface area contributed by atoms with Crippen molar-refractivity contribution < 1.29 is 9.53 Å². The molecule has 1 unspecified atom stereocenters. The molecule has 0 saturated heterocycles. The maximum Gasteiger partial charge on any atom is 0.238 e. The Labute approximate surface area is 196 Å². The first kappa shape index (κ1) is 23.1. The van der Waals surface area contributed by atoms with Crippen molar-refractivity contribution in [3.8, 4) is 11.4 Å². The van der Waals surface area contributed by atoms with Gasteiger partial charge in [-0.05, 0) is 76.3 Å². The third-order valence-corrected chi connectivity index (χ3v) is 6.61. The van der Waals surface area contributed by atoms with Gasteiger partial charge < -0.3 is 10.1 Å². The van der Waals surface area contributed by atoms with E-state index in [0.29, 0.717) is 18.5 Å². The maximum atomic E-state index is 13.1. The molecule has 174 valence electrons. The minimum atomic E-state index is -0.00864. The van der Waals surface area contributed by atoms with Gasteiger partial charge in [-0.15, -0.1) is 0 Å². The third-order valence-electron chi connectivity index (χ3n) is 6.61. The number of amides is 1. The lowest BCUT2D eigenvalue weighted by molar-refractivity contribution is -0.118. The van der Waals surface area contributed by atoms with Crippen molar-refractivity contribution in [1.29, 1.82) is 0 Å². The number of carbonyl (C=O) groups is 1. The van der Waals surface area contributed by atoms with Crippen LogP contribution in [0.1, 0.15) is 42.3 Å². The van der Waals surface area contributed by atoms with E-state index in [1.54, 1.807) is 7.11 Å². The van der Waals surface area contributed by atoms with Gasteiger partial charge >= 0.3 is 0 Å². The van der Waals surface area contributed by atoms with Crippen molar-refractivity contribution in [3.05, 3.63) is 71.0 Å². The summed E-state index contributed by atoms with van der Waals surface area (Å²) in [5, 5.41) is 7.82. The molecule has 0 spiro atoms. The van der Waals surface area contributed by atoms with Crippen LogP contribution in [0, 0.1) is 26.7 Å². The van der Waals surface area contributed by atoms with Gasteiger partial charge in [0.05, 0.1) is 36.4 Å². The fourth-order valence-electron chi connectivity index (χ4n) is 4.31. The van der Waals surface area contributed by atoms with Crippen molar-refractivity contribution in [2.24, 2.45) is 5.92 Å². The zero-order valence-electron chi connectivity index (χ0n) is 20.3. The number of hydrogen-bond donors (Lipinski definition) is 1. The van der Waals surface area contributed by atoms with E-state index in [9.17, 15) is 4.79 Å². The van der Waals surface area contributed by atoms with Crippen LogP contribution in [0.4, 0.5) is 5.69 Å². The van der Waals surface area contributed by atoms with Crippen LogP contribution in [-0.2, 0) is 11.3 Å². The minimum Gasteiger partial charge on any atom is -0.497 e. The molecule has 33 heavy (non-hydrogen) atoms. The standard InChI is InChI=1S/C27H34N4O2/c1-18-6-12-24(13-7-18)31-21(4)27(19(2)29-31)28-26(32)17-30(20(3)23-10-11-23)16-22-8-14-25(33-5)15-9-22/h6-9,12-15,20,23H,10-11,16-17H2,1-5H3,(H,28,32). The average molecular weight is 447 g/mol. The van der Waals surface area contributed by atoms with E-state index in [-0.39, 0.29) is 5.91 Å². The Morgan fingerprint density at radius 3 is 2.39 bits per heavy atom. The highest BCUT2D eigenvalue weighted by Crippen LogP contribution is 2.35. The predicted octanol–water partition coefficient (Wildman–Crippen LogP) is 5.05. The second-order valence-electron chi connectivity index (χ2n) is 9.17. The molecule has 1 aromatic heterocycles. The molecule has 1 atom stereocenters. The van der Waals surface area contributed by atoms with Crippen LogP contribution in [-0.4, -0.2) is 40.3 Å². The SMILES string of the molecule is COc1ccc(CN(CC(=O)Nc2c(C)nn(-c3ccc(C)cc3)c2C)C(C)C2CC2)cc1. The van der Waals surface area contributed by atoms with Gasteiger partial charge in [0.15, 0.2) is 0 Å². The molecule has 0 radical (unpaired) electrons. The Hall–Kier alpha value is -3.12. The van der Waals surface area contributed by atoms with Crippen molar-refractivity contribution in [2.45, 2.75) is 53.1 Å². The number of carbonyl (C=O) groups excluding carboxylic acids is 1. The Bertz CT molecular complexity index is 1100. The first-order valence-electron chi connectivity index (χ1n) is 11.7. The first-order valence-corrected chi connectivity index (χ1v) is 11.7. The lowest BCUT2D eigenvalue weighted by atomic mass is 10.1. The number of aryl methyl sites for hydroxylation is 2. The van der Waals surface area contributed by atoms with Crippen molar-refractivity contribution in [1.82, 2.24) is 14.7 Å². The van der Waals surface area contributed by atoms with Crippen LogP contribution in [0.3, 0.4) is 0 Å². The summed E-state index contributed by atoms with van der Waals surface area (Å²) in [7, 11) is 1.67. The van der Waals surface area contributed by atoms with Gasteiger partial charge in [-0.25, -0.2) is 4.68 Å². The lowest BCUT2D eigenvalue weighted by Gasteiger charge is -2.29. The number of nitrogens with zero attached hydrogens (tertiary/aromatic N) is 3. The molecule has 1 aliphatic carbocycles. The largest absolute Gasteiger partial charge is 0.497 e. The summed E-state index contributed by atoms with van der Waals surface area (Å²) >= 11 is 0. The van der Waals surface area contributed by atoms with Crippen LogP contribution >= 0.6 is 0 Å². The van der Waals surface area contributed by atoms with Crippen LogP contribution in [0.15, 0.2) is 48.5 Å². The highest BCUT2D eigenvalue weighted by Gasteiger charge is 2.33. The first-order chi connectivity index (χ1) is 15.9. The predicted molar refractivity (Wildman–Crippen MR) is 132 cm³/mol. The topological polar surface area (TPSA) is 59.4 Å². The van der Waals surface area contributed by atoms with E-state index in [0.717, 1.165) is 35.1 Å². The second-order valence-corrected chi connectivity index (χ2v) is 9.17. The Morgan fingerprint density at radius 2 is 1.79 bits per heavy atom. The Morgan fingerprint density at radius 1 is 1.12 bits per heavy atom. The van der Waals surface area contributed by atoms with Crippen molar-refractivity contribution in [2.75, 3.05) is 19.0 Å². The number of methoxy groups -OCH3 is 1. The molecular weight excluding hydrogens is 412 g/mol. The van der Waals surface area contributed by atoms with Crippen LogP contribution in [0.25, 0.3) is 5.69 Å². The molecule has 2 aromatic carbocycles. The number of hydrogen-bond acceptors (Lipinski definition) is 4. The van der Waals surface area contributed by atoms with E-state index in [1.807, 2.05) is 42.8 Å². The summed E-state index contributed by atoms with van der Waals surface area (Å²) < 4.78 is 7.17. The third kappa shape index (κ3) is 5.45. The molecular formula is C27H34N4O2. The monoisotopic (exact) mass is 446 g/mol. The molecule has 4 rings (SSSR count). The number of ether oxygens (including phenoxy) is 1. The normalized spacial score (nSPS) is 14.4. The van der Waals surface area contributed by atoms with Gasteiger partial charge in [-0.1, -0.05) is 29.8 Å². The highest BCUT2D eigenvalue weighted by atomic mass is 16.5. The fraction of sp³-hybridized carbons (Fsp3) is 0.407. The number of aromatic nitrogens is 2. The van der Waals surface area contributed by atoms with Crippen LogP contribution in [0.5, 0.6) is 5.75 Å². The summed E-state index contributed by atoms with van der Waals surface area (Å²) in [5.41, 5.74) is 5.92. The van der Waals surface area contributed by atoms with Gasteiger partial charge in [-0.3, -0.25) is 9.69 Å². The van der Waals surface area contributed by atoms with Crippen LogP contribution < -0.4 is 10.1 Å². The molecule has 3 aromatic rings. The van der Waals surface area contributed by atoms with E-state index in [1.165, 1.54) is 24.0 Å². The van der Waals surface area contributed by atoms with E-state index < -0.39 is 0 Å². The lowest BCUT2D eigenvalue weighted by Crippen LogP contribution is -2.40. The molecule has 1 aliphatic rings. The summed E-state index contributed by atoms with van der Waals surface area (Å²) in [6.07, 6.45) is 2.48. The summed E-state index contributed by atoms with van der Waals surface area (Å²) in [6.45, 7) is 9.32. The molecule has 0 bridgehead atoms. The number of rotatable bonds is 9. The molecule has 1 amide bonds. The van der Waals surface area contributed by atoms with E-state index in [4.69, 9.17) is 4.74 Å². The summed E-state index contributed by atoms with van der Waals surface area (Å²) in [4.78, 5) is 15.4. The number of nitrogens with one attached hydrogen (secondary N) is 1. The van der Waals surface area contributed by atoms with Crippen LogP contribution in [0.2, 0.25) is 0 Å². The maximum absolute atomic E-state index is 13.1. The fourth-order valence-corrected chi connectivity index (χ4v) is 4.31. The van der Waals surface area contributed by atoms with Crippen molar-refractivity contribution >= 4 is 11.6 Å². The molecule has 1 saturated carbocycles. The van der Waals surface area contributed by atoms with Crippen molar-refractivity contribution in [3.63, 3.8) is 0 Å².